The number of aromatic nitrogens is 1. The summed E-state index contributed by atoms with van der Waals surface area (Å²) in [7, 11) is 0. The van der Waals surface area contributed by atoms with E-state index in [9.17, 15) is 15.8 Å². The number of anilines is 2. The zero-order chi connectivity index (χ0) is 29.8. The lowest BCUT2D eigenvalue weighted by molar-refractivity contribution is 0.260. The van der Waals surface area contributed by atoms with Gasteiger partial charge in [0.05, 0.1) is 46.2 Å². The molecule has 4 aromatic rings. The minimum Gasteiger partial charge on any atom is -0.377 e. The number of fused-ring (bicyclic) bond motifs is 1. The fourth-order valence-electron chi connectivity index (χ4n) is 5.34. The second-order valence-corrected chi connectivity index (χ2v) is 11.0. The fraction of sp³-hybridized carbons (Fsp3) is 0.212. The largest absolute Gasteiger partial charge is 0.377 e. The molecule has 3 aromatic carbocycles. The van der Waals surface area contributed by atoms with Crippen molar-refractivity contribution >= 4 is 33.9 Å². The maximum Gasteiger partial charge on any atom is 0.103 e. The van der Waals surface area contributed by atoms with Crippen molar-refractivity contribution in [1.82, 2.24) is 21.0 Å². The average molecular weight is 586 g/mol. The lowest BCUT2D eigenvalue weighted by Crippen LogP contribution is -2.38. The summed E-state index contributed by atoms with van der Waals surface area (Å²) in [6.07, 6.45) is 6.66. The van der Waals surface area contributed by atoms with E-state index in [1.54, 1.807) is 6.07 Å². The molecule has 1 aromatic heterocycles. The van der Waals surface area contributed by atoms with E-state index < -0.39 is 0 Å². The van der Waals surface area contributed by atoms with Crippen molar-refractivity contribution in [2.45, 2.75) is 43.8 Å². The number of benzene rings is 3. The van der Waals surface area contributed by atoms with E-state index in [1.165, 1.54) is 6.20 Å². The minimum atomic E-state index is -0.370. The molecule has 212 valence electrons. The second kappa shape index (κ2) is 12.3. The summed E-state index contributed by atoms with van der Waals surface area (Å²) in [4.78, 5) is 4.51. The van der Waals surface area contributed by atoms with Crippen molar-refractivity contribution in [3.8, 4) is 18.2 Å². The molecular formula is C33H28ClN9. The summed E-state index contributed by atoms with van der Waals surface area (Å²) in [6.45, 7) is 0. The smallest absolute Gasteiger partial charge is 0.103 e. The third kappa shape index (κ3) is 5.89. The number of rotatable bonds is 10. The van der Waals surface area contributed by atoms with Gasteiger partial charge in [-0.3, -0.25) is 9.99 Å². The minimum absolute atomic E-state index is 0.232. The highest BCUT2D eigenvalue weighted by atomic mass is 35.5. The summed E-state index contributed by atoms with van der Waals surface area (Å²) < 4.78 is 0. The van der Waals surface area contributed by atoms with Crippen molar-refractivity contribution in [3.63, 3.8) is 0 Å². The van der Waals surface area contributed by atoms with Gasteiger partial charge in [-0.05, 0) is 48.6 Å². The molecule has 0 radical (unpaired) electrons. The van der Waals surface area contributed by atoms with E-state index in [2.05, 4.69) is 49.8 Å². The van der Waals surface area contributed by atoms with Crippen molar-refractivity contribution in [3.05, 3.63) is 112 Å². The van der Waals surface area contributed by atoms with Gasteiger partial charge in [0.15, 0.2) is 0 Å². The zero-order valence-corrected chi connectivity index (χ0v) is 23.9. The zero-order valence-electron chi connectivity index (χ0n) is 23.2. The van der Waals surface area contributed by atoms with Crippen LogP contribution in [0.3, 0.4) is 0 Å². The number of nitriles is 3. The topological polar surface area (TPSA) is 136 Å². The summed E-state index contributed by atoms with van der Waals surface area (Å²) in [5, 5.41) is 40.0. The summed E-state index contributed by atoms with van der Waals surface area (Å²) in [6, 6.07) is 27.8. The summed E-state index contributed by atoms with van der Waals surface area (Å²) in [5.41, 5.74) is 11.7. The first-order chi connectivity index (χ1) is 21.1. The van der Waals surface area contributed by atoms with Crippen LogP contribution >= 0.6 is 11.6 Å². The fourth-order valence-corrected chi connectivity index (χ4v) is 5.59. The Morgan fingerprint density at radius 3 is 2.47 bits per heavy atom. The Morgan fingerprint density at radius 2 is 1.74 bits per heavy atom. The van der Waals surface area contributed by atoms with Crippen LogP contribution in [0, 0.1) is 34.0 Å². The number of halogens is 1. The molecule has 9 nitrogen and oxygen atoms in total. The third-order valence-electron chi connectivity index (χ3n) is 7.66. The highest BCUT2D eigenvalue weighted by molar-refractivity contribution is 6.31. The molecule has 10 heteroatoms. The van der Waals surface area contributed by atoms with E-state index >= 15 is 0 Å². The molecule has 2 heterocycles. The van der Waals surface area contributed by atoms with Crippen LogP contribution < -0.4 is 21.6 Å². The molecule has 1 saturated carbocycles. The molecule has 6 rings (SSSR count). The Morgan fingerprint density at radius 1 is 0.977 bits per heavy atom. The molecule has 43 heavy (non-hydrogen) atoms. The predicted molar refractivity (Wildman–Crippen MR) is 166 cm³/mol. The van der Waals surface area contributed by atoms with Gasteiger partial charge < -0.3 is 16.1 Å². The van der Waals surface area contributed by atoms with Gasteiger partial charge in [0.25, 0.3) is 0 Å². The van der Waals surface area contributed by atoms with Gasteiger partial charge in [-0.25, -0.2) is 0 Å². The lowest BCUT2D eigenvalue weighted by Gasteiger charge is -2.24. The molecule has 1 aliphatic carbocycles. The SMILES string of the molecule is N#CCC[C@@H](Nc1c(C#N)cnc2c(C#N)cc(N[C@H](C3=CN(C4CC4)NN3)c3ccccc3Cl)cc12)c1ccccc1. The van der Waals surface area contributed by atoms with Crippen LogP contribution in [0.2, 0.25) is 5.02 Å². The average Bonchev–Trinajstić information content (AvgIpc) is 3.78. The highest BCUT2D eigenvalue weighted by Crippen LogP contribution is 2.38. The van der Waals surface area contributed by atoms with Gasteiger partial charge in [-0.1, -0.05) is 60.1 Å². The molecule has 0 amide bonds. The van der Waals surface area contributed by atoms with E-state index in [-0.39, 0.29) is 12.1 Å². The molecule has 2 atom stereocenters. The van der Waals surface area contributed by atoms with E-state index in [1.807, 2.05) is 66.9 Å². The van der Waals surface area contributed by atoms with Gasteiger partial charge >= 0.3 is 0 Å². The number of hydrogen-bond acceptors (Lipinski definition) is 9. The standard InChI is InChI=1S/C33H28ClN9/c34-28-10-5-4-9-26(28)33(30-20-43(42-41-30)25-12-13-25)39-24-15-22(17-36)31-27(16-24)32(23(18-37)19-38-31)40-29(11-6-14-35)21-7-2-1-3-8-21/h1-5,7-10,15-16,19-20,25,29,33,39,41-42H,6,11-13H2,(H,38,40)/t29-,33+/m1/s1. The molecule has 0 unspecified atom stereocenters. The molecule has 0 spiro atoms. The van der Waals surface area contributed by atoms with Crippen LogP contribution in [-0.2, 0) is 0 Å². The summed E-state index contributed by atoms with van der Waals surface area (Å²) in [5.74, 6) is 0. The number of hydrazine groups is 2. The van der Waals surface area contributed by atoms with Crippen molar-refractivity contribution in [2.75, 3.05) is 10.6 Å². The molecule has 1 aliphatic heterocycles. The third-order valence-corrected chi connectivity index (χ3v) is 8.01. The van der Waals surface area contributed by atoms with Gasteiger partial charge in [-0.15, -0.1) is 5.53 Å². The maximum atomic E-state index is 10.2. The quantitative estimate of drug-likeness (QED) is 0.163. The Balaban J connectivity index is 1.45. The highest BCUT2D eigenvalue weighted by Gasteiger charge is 2.33. The number of hydrogen-bond donors (Lipinski definition) is 4. The van der Waals surface area contributed by atoms with Gasteiger partial charge in [0, 0.05) is 41.0 Å². The first-order valence-corrected chi connectivity index (χ1v) is 14.5. The Hall–Kier alpha value is -5.27. The Bertz CT molecular complexity index is 1810. The molecular weight excluding hydrogens is 558 g/mol. The van der Waals surface area contributed by atoms with Crippen molar-refractivity contribution < 1.29 is 0 Å². The first kappa shape index (κ1) is 27.9. The molecule has 0 saturated heterocycles. The van der Waals surface area contributed by atoms with E-state index in [0.29, 0.717) is 57.3 Å². The van der Waals surface area contributed by atoms with Crippen LogP contribution in [-0.4, -0.2) is 16.0 Å². The van der Waals surface area contributed by atoms with Crippen LogP contribution in [0.5, 0.6) is 0 Å². The summed E-state index contributed by atoms with van der Waals surface area (Å²) >= 11 is 6.69. The number of pyridine rings is 1. The Kier molecular flexibility index (Phi) is 7.98. The maximum absolute atomic E-state index is 10.2. The first-order valence-electron chi connectivity index (χ1n) is 14.1. The van der Waals surface area contributed by atoms with Crippen LogP contribution in [0.1, 0.15) is 60.0 Å². The monoisotopic (exact) mass is 585 g/mol. The van der Waals surface area contributed by atoms with Crippen LogP contribution in [0.15, 0.2) is 84.8 Å². The predicted octanol–water partition coefficient (Wildman–Crippen LogP) is 6.57. The van der Waals surface area contributed by atoms with Crippen LogP contribution in [0.25, 0.3) is 10.9 Å². The second-order valence-electron chi connectivity index (χ2n) is 10.6. The van der Waals surface area contributed by atoms with Crippen molar-refractivity contribution in [2.24, 2.45) is 0 Å². The molecule has 4 N–H and O–H groups in total. The van der Waals surface area contributed by atoms with Crippen molar-refractivity contribution in [1.29, 1.82) is 15.8 Å². The van der Waals surface area contributed by atoms with Gasteiger partial charge in [-0.2, -0.15) is 15.8 Å². The van der Waals surface area contributed by atoms with Crippen LogP contribution in [0.4, 0.5) is 11.4 Å². The molecule has 1 fully saturated rings. The normalized spacial score (nSPS) is 15.4. The van der Waals surface area contributed by atoms with E-state index in [4.69, 9.17) is 11.6 Å². The van der Waals surface area contributed by atoms with E-state index in [0.717, 1.165) is 29.7 Å². The Labute approximate surface area is 255 Å². The number of nitrogens with one attached hydrogen (secondary N) is 4. The van der Waals surface area contributed by atoms with Gasteiger partial charge in [0.1, 0.15) is 12.1 Å². The molecule has 0 bridgehead atoms. The lowest BCUT2D eigenvalue weighted by atomic mass is 9.99. The molecule has 2 aliphatic rings. The number of nitrogens with zero attached hydrogens (tertiary/aromatic N) is 5. The van der Waals surface area contributed by atoms with Gasteiger partial charge in [0.2, 0.25) is 0 Å².